The standard InChI is InChI=1S/C24H24F4N2O3/c1-3-12-5-6-15-19(21(12)32)13(4-2)11-23(33,24(26,27)28)22(15)29-17-9-8-16(25)20-14(17)7-10-18(31)30-20/h5-10,13,22,29,32-33H,3-4,11H2,1-2H3,(H,30,31)/t13-,22+,23-/m1/s1. The first-order valence-electron chi connectivity index (χ1n) is 10.7. The lowest BCUT2D eigenvalue weighted by molar-refractivity contribution is -0.272. The van der Waals surface area contributed by atoms with Crippen molar-refractivity contribution in [3.05, 3.63) is 69.3 Å². The molecule has 0 spiro atoms. The summed E-state index contributed by atoms with van der Waals surface area (Å²) >= 11 is 0. The molecule has 0 aliphatic heterocycles. The summed E-state index contributed by atoms with van der Waals surface area (Å²) in [7, 11) is 0. The van der Waals surface area contributed by atoms with Crippen LogP contribution >= 0.6 is 0 Å². The zero-order chi connectivity index (χ0) is 24.1. The SMILES string of the molecule is CCc1ccc2c(c1O)[C@H](CC)C[C@](O)(C(F)(F)F)[C@H]2Nc1ccc(F)c2[nH]c(=O)ccc12. The number of halogens is 4. The smallest absolute Gasteiger partial charge is 0.419 e. The molecule has 0 saturated carbocycles. The number of anilines is 1. The summed E-state index contributed by atoms with van der Waals surface area (Å²) in [6.07, 6.45) is -4.85. The third kappa shape index (κ3) is 3.64. The van der Waals surface area contributed by atoms with Gasteiger partial charge in [0.2, 0.25) is 5.56 Å². The van der Waals surface area contributed by atoms with Gasteiger partial charge in [-0.2, -0.15) is 13.2 Å². The third-order valence-electron chi connectivity index (χ3n) is 6.60. The van der Waals surface area contributed by atoms with Crippen LogP contribution in [0.5, 0.6) is 5.75 Å². The van der Waals surface area contributed by atoms with E-state index in [9.17, 15) is 32.6 Å². The molecule has 5 nitrogen and oxygen atoms in total. The first kappa shape index (κ1) is 23.1. The second-order valence-corrected chi connectivity index (χ2v) is 8.44. The number of H-pyrrole nitrogens is 1. The molecule has 1 aliphatic carbocycles. The molecular formula is C24H24F4N2O3. The molecule has 1 heterocycles. The van der Waals surface area contributed by atoms with E-state index in [2.05, 4.69) is 10.3 Å². The number of benzene rings is 2. The molecule has 33 heavy (non-hydrogen) atoms. The molecule has 176 valence electrons. The van der Waals surface area contributed by atoms with E-state index in [-0.39, 0.29) is 27.9 Å². The van der Waals surface area contributed by atoms with Crippen molar-refractivity contribution in [2.75, 3.05) is 5.32 Å². The van der Waals surface area contributed by atoms with Crippen LogP contribution in [0.3, 0.4) is 0 Å². The second kappa shape index (κ2) is 8.06. The molecule has 3 atom stereocenters. The van der Waals surface area contributed by atoms with Gasteiger partial charge in [-0.05, 0) is 54.5 Å². The average Bonchev–Trinajstić information content (AvgIpc) is 2.76. The van der Waals surface area contributed by atoms with E-state index < -0.39 is 41.5 Å². The summed E-state index contributed by atoms with van der Waals surface area (Å²) in [4.78, 5) is 14.0. The van der Waals surface area contributed by atoms with Gasteiger partial charge in [-0.3, -0.25) is 4.79 Å². The summed E-state index contributed by atoms with van der Waals surface area (Å²) in [6, 6.07) is 6.12. The topological polar surface area (TPSA) is 85.3 Å². The average molecular weight is 464 g/mol. The largest absolute Gasteiger partial charge is 0.507 e. The molecule has 1 aromatic heterocycles. The molecular weight excluding hydrogens is 440 g/mol. The normalized spacial score (nSPS) is 22.9. The van der Waals surface area contributed by atoms with Crippen LogP contribution in [0.2, 0.25) is 0 Å². The van der Waals surface area contributed by atoms with Crippen molar-refractivity contribution in [3.63, 3.8) is 0 Å². The van der Waals surface area contributed by atoms with Gasteiger partial charge in [-0.15, -0.1) is 0 Å². The van der Waals surface area contributed by atoms with E-state index in [1.807, 2.05) is 6.92 Å². The Morgan fingerprint density at radius 2 is 1.88 bits per heavy atom. The highest BCUT2D eigenvalue weighted by atomic mass is 19.4. The molecule has 1 aliphatic rings. The minimum atomic E-state index is -4.99. The minimum absolute atomic E-state index is 0.0637. The number of hydrogen-bond acceptors (Lipinski definition) is 4. The van der Waals surface area contributed by atoms with Gasteiger partial charge >= 0.3 is 6.18 Å². The van der Waals surface area contributed by atoms with Gasteiger partial charge in [-0.1, -0.05) is 26.0 Å². The Hall–Kier alpha value is -3.07. The molecule has 3 aromatic rings. The van der Waals surface area contributed by atoms with Crippen LogP contribution in [0, 0.1) is 5.82 Å². The Morgan fingerprint density at radius 3 is 2.52 bits per heavy atom. The van der Waals surface area contributed by atoms with Crippen LogP contribution in [0.15, 0.2) is 41.2 Å². The molecule has 0 unspecified atom stereocenters. The van der Waals surface area contributed by atoms with Gasteiger partial charge in [-0.25, -0.2) is 4.39 Å². The maximum atomic E-state index is 14.3. The summed E-state index contributed by atoms with van der Waals surface area (Å²) < 4.78 is 57.2. The van der Waals surface area contributed by atoms with Gasteiger partial charge in [0.15, 0.2) is 5.60 Å². The molecule has 0 saturated heterocycles. The number of phenolic OH excluding ortho intramolecular Hbond substituents is 1. The Balaban J connectivity index is 1.95. The summed E-state index contributed by atoms with van der Waals surface area (Å²) in [5, 5.41) is 24.8. The molecule has 0 radical (unpaired) electrons. The lowest BCUT2D eigenvalue weighted by Crippen LogP contribution is -2.55. The van der Waals surface area contributed by atoms with Gasteiger partial charge in [0.1, 0.15) is 11.6 Å². The van der Waals surface area contributed by atoms with Crippen LogP contribution < -0.4 is 10.9 Å². The number of nitrogens with one attached hydrogen (secondary N) is 2. The molecule has 2 aromatic carbocycles. The highest BCUT2D eigenvalue weighted by molar-refractivity contribution is 5.91. The lowest BCUT2D eigenvalue weighted by atomic mass is 9.68. The van der Waals surface area contributed by atoms with E-state index in [1.54, 1.807) is 13.0 Å². The Bertz CT molecular complexity index is 1270. The van der Waals surface area contributed by atoms with E-state index in [0.29, 0.717) is 24.0 Å². The lowest BCUT2D eigenvalue weighted by Gasteiger charge is -2.46. The van der Waals surface area contributed by atoms with Crippen molar-refractivity contribution in [2.45, 2.75) is 56.8 Å². The van der Waals surface area contributed by atoms with Crippen LogP contribution in [-0.4, -0.2) is 27.0 Å². The van der Waals surface area contributed by atoms with Crippen LogP contribution in [0.1, 0.15) is 55.3 Å². The van der Waals surface area contributed by atoms with Crippen molar-refractivity contribution >= 4 is 16.6 Å². The molecule has 0 fully saturated rings. The van der Waals surface area contributed by atoms with E-state index in [0.717, 1.165) is 12.1 Å². The van der Waals surface area contributed by atoms with Gasteiger partial charge in [0, 0.05) is 22.7 Å². The van der Waals surface area contributed by atoms with Crippen LogP contribution in [-0.2, 0) is 6.42 Å². The van der Waals surface area contributed by atoms with Crippen molar-refractivity contribution < 1.29 is 27.8 Å². The predicted molar refractivity (Wildman–Crippen MR) is 117 cm³/mol. The highest BCUT2D eigenvalue weighted by Crippen LogP contribution is 2.55. The number of phenols is 1. The van der Waals surface area contributed by atoms with E-state index in [4.69, 9.17) is 0 Å². The maximum absolute atomic E-state index is 14.3. The first-order chi connectivity index (χ1) is 15.5. The first-order valence-corrected chi connectivity index (χ1v) is 10.7. The summed E-state index contributed by atoms with van der Waals surface area (Å²) in [5.74, 6) is -1.51. The number of pyridine rings is 1. The number of aromatic amines is 1. The second-order valence-electron chi connectivity index (χ2n) is 8.44. The maximum Gasteiger partial charge on any atom is 0.419 e. The van der Waals surface area contributed by atoms with Crippen molar-refractivity contribution in [1.82, 2.24) is 4.98 Å². The highest BCUT2D eigenvalue weighted by Gasteiger charge is 2.62. The summed E-state index contributed by atoms with van der Waals surface area (Å²) in [5.41, 5.74) is -2.65. The van der Waals surface area contributed by atoms with Crippen molar-refractivity contribution in [3.8, 4) is 5.75 Å². The minimum Gasteiger partial charge on any atom is -0.507 e. The van der Waals surface area contributed by atoms with Crippen molar-refractivity contribution in [2.24, 2.45) is 0 Å². The fourth-order valence-corrected chi connectivity index (χ4v) is 4.81. The van der Waals surface area contributed by atoms with Gasteiger partial charge < -0.3 is 20.5 Å². The van der Waals surface area contributed by atoms with Gasteiger partial charge in [0.05, 0.1) is 11.6 Å². The number of hydrogen-bond donors (Lipinski definition) is 4. The Labute approximate surface area is 187 Å². The number of aromatic nitrogens is 1. The molecule has 4 N–H and O–H groups in total. The Morgan fingerprint density at radius 1 is 1.15 bits per heavy atom. The van der Waals surface area contributed by atoms with Gasteiger partial charge in [0.25, 0.3) is 0 Å². The zero-order valence-electron chi connectivity index (χ0n) is 18.1. The zero-order valence-corrected chi connectivity index (χ0v) is 18.1. The van der Waals surface area contributed by atoms with Crippen molar-refractivity contribution in [1.29, 1.82) is 0 Å². The van der Waals surface area contributed by atoms with E-state index in [1.165, 1.54) is 18.2 Å². The number of aliphatic hydroxyl groups is 1. The number of alkyl halides is 3. The molecule has 9 heteroatoms. The monoisotopic (exact) mass is 464 g/mol. The van der Waals surface area contributed by atoms with E-state index >= 15 is 0 Å². The molecule has 4 rings (SSSR count). The number of fused-ring (bicyclic) bond motifs is 2. The fourth-order valence-electron chi connectivity index (χ4n) is 4.81. The van der Waals surface area contributed by atoms with Crippen LogP contribution in [0.4, 0.5) is 23.2 Å². The molecule has 0 amide bonds. The summed E-state index contributed by atoms with van der Waals surface area (Å²) in [6.45, 7) is 3.54. The third-order valence-corrected chi connectivity index (χ3v) is 6.60. The Kier molecular flexibility index (Phi) is 5.64. The van der Waals surface area contributed by atoms with Crippen LogP contribution in [0.25, 0.3) is 10.9 Å². The number of rotatable bonds is 4. The molecule has 0 bridgehead atoms. The number of aromatic hydroxyl groups is 1. The predicted octanol–water partition coefficient (Wildman–Crippen LogP) is 5.28. The number of aryl methyl sites for hydroxylation is 1. The fraction of sp³-hybridized carbons (Fsp3) is 0.375. The quantitative estimate of drug-likeness (QED) is 0.396.